The van der Waals surface area contributed by atoms with Crippen LogP contribution >= 0.6 is 0 Å². The summed E-state index contributed by atoms with van der Waals surface area (Å²) < 4.78 is 40.3. The Morgan fingerprint density at radius 3 is 2.91 bits per heavy atom. The molecular formula is C23H24F2N6O4. The maximum atomic E-state index is 13.8. The molecule has 1 amide bonds. The maximum absolute atomic E-state index is 13.8. The summed E-state index contributed by atoms with van der Waals surface area (Å²) in [5.74, 6) is -1.24. The number of aromatic nitrogens is 5. The number of rotatable bonds is 6. The van der Waals surface area contributed by atoms with Gasteiger partial charge in [-0.1, -0.05) is 6.07 Å². The van der Waals surface area contributed by atoms with E-state index in [0.717, 1.165) is 11.2 Å². The minimum atomic E-state index is -3.07. The highest BCUT2D eigenvalue weighted by Crippen LogP contribution is 2.37. The quantitative estimate of drug-likeness (QED) is 0.428. The molecule has 0 saturated carbocycles. The fraction of sp³-hybridized carbons (Fsp3) is 0.391. The SMILES string of the molecule is CCOc1cccc2cc([C@@H]3c4nc[nH]c4CCN3C(=O)c3oc(C(C)(C)O)nc3C(F)F)nn12. The lowest BCUT2D eigenvalue weighted by atomic mass is 9.99. The number of imidazole rings is 1. The number of halogens is 2. The molecule has 0 aromatic carbocycles. The summed E-state index contributed by atoms with van der Waals surface area (Å²) in [6.07, 6.45) is -1.11. The number of fused-ring (bicyclic) bond motifs is 2. The van der Waals surface area contributed by atoms with E-state index in [9.17, 15) is 18.7 Å². The monoisotopic (exact) mass is 486 g/mol. The molecule has 0 aliphatic carbocycles. The standard InChI is InChI=1S/C23H24F2N6O4/c1-4-34-15-7-5-6-12-10-14(29-31(12)15)18-16-13(26-11-27-16)8-9-30(18)21(32)19-17(20(24)25)28-22(35-19)23(2,3)33/h5-7,10-11,18,20,33H,4,8-9H2,1-3H3,(H,26,27)/t18-/m1/s1. The zero-order chi connectivity index (χ0) is 24.9. The summed E-state index contributed by atoms with van der Waals surface area (Å²) in [7, 11) is 0. The van der Waals surface area contributed by atoms with E-state index >= 15 is 0 Å². The van der Waals surface area contributed by atoms with Crippen molar-refractivity contribution in [2.75, 3.05) is 13.2 Å². The van der Waals surface area contributed by atoms with Crippen molar-refractivity contribution in [3.63, 3.8) is 0 Å². The van der Waals surface area contributed by atoms with E-state index in [1.807, 2.05) is 19.1 Å². The first-order valence-electron chi connectivity index (χ1n) is 11.1. The molecule has 5 rings (SSSR count). The molecule has 5 heterocycles. The van der Waals surface area contributed by atoms with Crippen LogP contribution in [0.1, 0.15) is 72.5 Å². The van der Waals surface area contributed by atoms with E-state index in [4.69, 9.17) is 9.15 Å². The number of nitrogens with one attached hydrogen (secondary N) is 1. The first-order valence-corrected chi connectivity index (χ1v) is 11.1. The molecule has 1 aliphatic heterocycles. The summed E-state index contributed by atoms with van der Waals surface area (Å²) in [4.78, 5) is 26.2. The number of pyridine rings is 1. The van der Waals surface area contributed by atoms with Crippen LogP contribution in [-0.4, -0.2) is 53.6 Å². The summed E-state index contributed by atoms with van der Waals surface area (Å²) in [6, 6.07) is 6.48. The molecule has 4 aromatic heterocycles. The van der Waals surface area contributed by atoms with Crippen LogP contribution in [0, 0.1) is 0 Å². The highest BCUT2D eigenvalue weighted by atomic mass is 19.3. The van der Waals surface area contributed by atoms with Gasteiger partial charge in [-0.25, -0.2) is 23.3 Å². The molecule has 0 fully saturated rings. The Hall–Kier alpha value is -3.80. The number of oxazole rings is 1. The smallest absolute Gasteiger partial charge is 0.292 e. The van der Waals surface area contributed by atoms with Crippen molar-refractivity contribution in [1.82, 2.24) is 29.5 Å². The molecule has 0 spiro atoms. The average Bonchev–Trinajstić information content (AvgIpc) is 3.55. The van der Waals surface area contributed by atoms with Crippen LogP contribution in [0.5, 0.6) is 5.88 Å². The molecule has 184 valence electrons. The Labute approximate surface area is 198 Å². The Morgan fingerprint density at radius 2 is 2.20 bits per heavy atom. The zero-order valence-corrected chi connectivity index (χ0v) is 19.3. The van der Waals surface area contributed by atoms with E-state index in [2.05, 4.69) is 20.1 Å². The van der Waals surface area contributed by atoms with Crippen molar-refractivity contribution in [3.05, 3.63) is 65.0 Å². The van der Waals surface area contributed by atoms with Crippen molar-refractivity contribution < 1.29 is 27.8 Å². The van der Waals surface area contributed by atoms with Crippen molar-refractivity contribution in [3.8, 4) is 5.88 Å². The van der Waals surface area contributed by atoms with Gasteiger partial charge in [0.1, 0.15) is 11.6 Å². The van der Waals surface area contributed by atoms with Gasteiger partial charge in [0.15, 0.2) is 5.69 Å². The Bertz CT molecular complexity index is 1390. The lowest BCUT2D eigenvalue weighted by Crippen LogP contribution is -2.41. The third-order valence-electron chi connectivity index (χ3n) is 5.81. The lowest BCUT2D eigenvalue weighted by molar-refractivity contribution is 0.0440. The minimum absolute atomic E-state index is 0.201. The van der Waals surface area contributed by atoms with E-state index in [-0.39, 0.29) is 12.4 Å². The number of amides is 1. The maximum Gasteiger partial charge on any atom is 0.292 e. The van der Waals surface area contributed by atoms with Crippen molar-refractivity contribution in [1.29, 1.82) is 0 Å². The molecule has 0 bridgehead atoms. The van der Waals surface area contributed by atoms with Gasteiger partial charge in [-0.3, -0.25) is 4.79 Å². The van der Waals surface area contributed by atoms with E-state index in [1.165, 1.54) is 25.1 Å². The topological polar surface area (TPSA) is 122 Å². The van der Waals surface area contributed by atoms with Crippen LogP contribution in [0.4, 0.5) is 8.78 Å². The molecular weight excluding hydrogens is 462 g/mol. The number of alkyl halides is 2. The number of hydrogen-bond donors (Lipinski definition) is 2. The number of carbonyl (C=O) groups excluding carboxylic acids is 1. The number of H-pyrrole nitrogens is 1. The van der Waals surface area contributed by atoms with Crippen LogP contribution < -0.4 is 4.74 Å². The number of carbonyl (C=O) groups is 1. The molecule has 1 atom stereocenters. The lowest BCUT2D eigenvalue weighted by Gasteiger charge is -2.33. The zero-order valence-electron chi connectivity index (χ0n) is 19.3. The van der Waals surface area contributed by atoms with Gasteiger partial charge in [0.25, 0.3) is 12.3 Å². The Balaban J connectivity index is 1.62. The number of nitrogens with zero attached hydrogens (tertiary/aromatic N) is 5. The highest BCUT2D eigenvalue weighted by Gasteiger charge is 2.40. The van der Waals surface area contributed by atoms with Gasteiger partial charge >= 0.3 is 0 Å². The van der Waals surface area contributed by atoms with Gasteiger partial charge in [-0.05, 0) is 32.9 Å². The second-order valence-electron chi connectivity index (χ2n) is 8.71. The summed E-state index contributed by atoms with van der Waals surface area (Å²) in [5.41, 5.74) is 0.151. The highest BCUT2D eigenvalue weighted by molar-refractivity contribution is 5.93. The van der Waals surface area contributed by atoms with Crippen molar-refractivity contribution in [2.45, 2.75) is 45.3 Å². The number of ether oxygens (including phenoxy) is 1. The first-order chi connectivity index (χ1) is 16.7. The second kappa shape index (κ2) is 8.45. The summed E-state index contributed by atoms with van der Waals surface area (Å²) in [5, 5.41) is 14.9. The van der Waals surface area contributed by atoms with Gasteiger partial charge in [0.05, 0.1) is 29.8 Å². The van der Waals surface area contributed by atoms with Crippen molar-refractivity contribution >= 4 is 11.4 Å². The number of hydrogen-bond acceptors (Lipinski definition) is 7. The van der Waals surface area contributed by atoms with E-state index < -0.39 is 35.4 Å². The van der Waals surface area contributed by atoms with Gasteiger partial charge < -0.3 is 24.1 Å². The molecule has 0 unspecified atom stereocenters. The van der Waals surface area contributed by atoms with Crippen LogP contribution in [-0.2, 0) is 12.0 Å². The molecule has 35 heavy (non-hydrogen) atoms. The number of aromatic amines is 1. The van der Waals surface area contributed by atoms with Crippen LogP contribution in [0.25, 0.3) is 5.52 Å². The summed E-state index contributed by atoms with van der Waals surface area (Å²) >= 11 is 0. The fourth-order valence-electron chi connectivity index (χ4n) is 4.22. The van der Waals surface area contributed by atoms with Gasteiger partial charge in [0, 0.05) is 24.7 Å². The van der Waals surface area contributed by atoms with Gasteiger partial charge in [-0.2, -0.15) is 5.10 Å². The largest absolute Gasteiger partial charge is 0.478 e. The third-order valence-corrected chi connectivity index (χ3v) is 5.81. The van der Waals surface area contributed by atoms with E-state index in [0.29, 0.717) is 30.3 Å². The van der Waals surface area contributed by atoms with Gasteiger partial charge in [0.2, 0.25) is 17.5 Å². The predicted molar refractivity (Wildman–Crippen MR) is 118 cm³/mol. The second-order valence-corrected chi connectivity index (χ2v) is 8.71. The molecule has 0 radical (unpaired) electrons. The first kappa shape index (κ1) is 23.0. The molecule has 1 aliphatic rings. The van der Waals surface area contributed by atoms with Gasteiger partial charge in [-0.15, -0.1) is 0 Å². The third kappa shape index (κ3) is 3.93. The Morgan fingerprint density at radius 1 is 1.40 bits per heavy atom. The normalized spacial score (nSPS) is 16.2. The molecule has 2 N–H and O–H groups in total. The molecule has 0 saturated heterocycles. The number of aliphatic hydroxyl groups is 1. The molecule has 12 heteroatoms. The van der Waals surface area contributed by atoms with E-state index in [1.54, 1.807) is 16.6 Å². The molecule has 10 nitrogen and oxygen atoms in total. The summed E-state index contributed by atoms with van der Waals surface area (Å²) in [6.45, 7) is 5.19. The van der Waals surface area contributed by atoms with Crippen LogP contribution in [0.15, 0.2) is 35.0 Å². The predicted octanol–water partition coefficient (Wildman–Crippen LogP) is 3.40. The van der Waals surface area contributed by atoms with Crippen LogP contribution in [0.2, 0.25) is 0 Å². The average molecular weight is 486 g/mol. The fourth-order valence-corrected chi connectivity index (χ4v) is 4.22. The Kier molecular flexibility index (Phi) is 5.55. The van der Waals surface area contributed by atoms with Crippen molar-refractivity contribution in [2.24, 2.45) is 0 Å². The van der Waals surface area contributed by atoms with Crippen LogP contribution in [0.3, 0.4) is 0 Å². The minimum Gasteiger partial charge on any atom is -0.478 e. The molecule has 4 aromatic rings.